The van der Waals surface area contributed by atoms with E-state index in [2.05, 4.69) is 20.5 Å². The SMILES string of the molecule is CCn1ncc(NC(=O)c2cc3nc(C)cc(C(F)(F)Cl)n3n2)c1C. The van der Waals surface area contributed by atoms with E-state index in [1.807, 2.05) is 13.8 Å². The third kappa shape index (κ3) is 3.19. The van der Waals surface area contributed by atoms with E-state index >= 15 is 0 Å². The summed E-state index contributed by atoms with van der Waals surface area (Å²) >= 11 is 5.13. The van der Waals surface area contributed by atoms with Gasteiger partial charge in [-0.15, -0.1) is 0 Å². The molecule has 0 fully saturated rings. The molecule has 0 aliphatic rings. The van der Waals surface area contributed by atoms with Crippen LogP contribution in [0.2, 0.25) is 0 Å². The topological polar surface area (TPSA) is 77.1 Å². The molecule has 3 rings (SSSR count). The number of fused-ring (bicyclic) bond motifs is 1. The highest BCUT2D eigenvalue weighted by atomic mass is 35.5. The number of carbonyl (C=O) groups excluding carboxylic acids is 1. The Balaban J connectivity index is 1.98. The lowest BCUT2D eigenvalue weighted by molar-refractivity contribution is 0.0868. The van der Waals surface area contributed by atoms with Gasteiger partial charge in [0.05, 0.1) is 17.6 Å². The van der Waals surface area contributed by atoms with Crippen LogP contribution in [-0.4, -0.2) is 30.3 Å². The van der Waals surface area contributed by atoms with E-state index in [1.54, 1.807) is 11.6 Å². The third-order valence-corrected chi connectivity index (χ3v) is 3.92. The summed E-state index contributed by atoms with van der Waals surface area (Å²) in [5.74, 6) is -0.550. The second-order valence-electron chi connectivity index (χ2n) is 5.49. The van der Waals surface area contributed by atoms with Crippen molar-refractivity contribution in [2.24, 2.45) is 0 Å². The number of nitrogens with one attached hydrogen (secondary N) is 1. The van der Waals surface area contributed by atoms with Crippen molar-refractivity contribution >= 4 is 28.8 Å². The molecule has 0 bridgehead atoms. The first kappa shape index (κ1) is 17.3. The van der Waals surface area contributed by atoms with Crippen LogP contribution in [0.5, 0.6) is 0 Å². The van der Waals surface area contributed by atoms with Crippen LogP contribution in [0, 0.1) is 13.8 Å². The maximum atomic E-state index is 13.6. The number of anilines is 1. The average Bonchev–Trinajstić information content (AvgIpc) is 3.09. The number of amides is 1. The van der Waals surface area contributed by atoms with E-state index in [4.69, 9.17) is 11.6 Å². The number of halogens is 3. The van der Waals surface area contributed by atoms with Crippen LogP contribution in [0.3, 0.4) is 0 Å². The molecule has 0 aliphatic heterocycles. The maximum absolute atomic E-state index is 13.6. The van der Waals surface area contributed by atoms with Crippen LogP contribution in [0.4, 0.5) is 14.5 Å². The molecule has 1 amide bonds. The Bertz CT molecular complexity index is 959. The molecule has 0 spiro atoms. The molecule has 0 saturated heterocycles. The predicted octanol–water partition coefficient (Wildman–Crippen LogP) is 3.10. The van der Waals surface area contributed by atoms with E-state index in [-0.39, 0.29) is 11.3 Å². The zero-order valence-corrected chi connectivity index (χ0v) is 14.5. The molecule has 0 radical (unpaired) electrons. The third-order valence-electron chi connectivity index (χ3n) is 3.73. The van der Waals surface area contributed by atoms with Crippen molar-refractivity contribution < 1.29 is 13.6 Å². The summed E-state index contributed by atoms with van der Waals surface area (Å²) < 4.78 is 29.8. The van der Waals surface area contributed by atoms with Gasteiger partial charge < -0.3 is 5.32 Å². The Morgan fingerprint density at radius 1 is 1.36 bits per heavy atom. The largest absolute Gasteiger partial charge is 0.364 e. The van der Waals surface area contributed by atoms with Crippen LogP contribution < -0.4 is 5.32 Å². The van der Waals surface area contributed by atoms with Crippen LogP contribution in [0.25, 0.3) is 5.65 Å². The number of carbonyl (C=O) groups is 1. The predicted molar refractivity (Wildman–Crippen MR) is 88.1 cm³/mol. The second-order valence-corrected chi connectivity index (χ2v) is 5.97. The zero-order chi connectivity index (χ0) is 18.4. The van der Waals surface area contributed by atoms with Crippen molar-refractivity contribution in [3.05, 3.63) is 41.1 Å². The quantitative estimate of drug-likeness (QED) is 0.718. The molecule has 0 atom stereocenters. The van der Waals surface area contributed by atoms with Crippen LogP contribution in [0.15, 0.2) is 18.3 Å². The number of rotatable bonds is 4. The molecule has 0 unspecified atom stereocenters. The Morgan fingerprint density at radius 2 is 2.08 bits per heavy atom. The second kappa shape index (κ2) is 6.07. The van der Waals surface area contributed by atoms with Crippen LogP contribution >= 0.6 is 11.6 Å². The first-order valence-corrected chi connectivity index (χ1v) is 7.87. The molecular weight excluding hydrogens is 354 g/mol. The van der Waals surface area contributed by atoms with Gasteiger partial charge in [-0.3, -0.25) is 9.48 Å². The monoisotopic (exact) mass is 368 g/mol. The van der Waals surface area contributed by atoms with Crippen LogP contribution in [-0.2, 0) is 11.9 Å². The molecule has 7 nitrogen and oxygen atoms in total. The molecule has 0 aliphatic carbocycles. The van der Waals surface area contributed by atoms with Crippen LogP contribution in [0.1, 0.15) is 34.5 Å². The molecule has 0 saturated carbocycles. The maximum Gasteiger partial charge on any atom is 0.364 e. The molecule has 132 valence electrons. The molecule has 3 aromatic heterocycles. The lowest BCUT2D eigenvalue weighted by atomic mass is 10.3. The van der Waals surface area contributed by atoms with Crippen molar-refractivity contribution in [2.45, 2.75) is 32.7 Å². The van der Waals surface area contributed by atoms with E-state index in [0.717, 1.165) is 16.3 Å². The molecule has 3 aromatic rings. The minimum absolute atomic E-state index is 0.0519. The number of nitrogens with zero attached hydrogens (tertiary/aromatic N) is 5. The number of alkyl halides is 3. The zero-order valence-electron chi connectivity index (χ0n) is 13.7. The molecule has 3 heterocycles. The molecular formula is C15H15ClF2N6O. The Morgan fingerprint density at radius 3 is 2.68 bits per heavy atom. The van der Waals surface area contributed by atoms with Gasteiger partial charge in [0.2, 0.25) is 0 Å². The molecule has 10 heteroatoms. The minimum Gasteiger partial charge on any atom is -0.318 e. The lowest BCUT2D eigenvalue weighted by Crippen LogP contribution is -2.15. The highest BCUT2D eigenvalue weighted by Crippen LogP contribution is 2.32. The first-order valence-electron chi connectivity index (χ1n) is 7.49. The average molecular weight is 369 g/mol. The minimum atomic E-state index is -3.63. The van der Waals surface area contributed by atoms with Gasteiger partial charge in [0.1, 0.15) is 5.69 Å². The van der Waals surface area contributed by atoms with Crippen molar-refractivity contribution in [2.75, 3.05) is 5.32 Å². The summed E-state index contributed by atoms with van der Waals surface area (Å²) in [4.78, 5) is 16.5. The van der Waals surface area contributed by atoms with E-state index in [1.165, 1.54) is 12.3 Å². The summed E-state index contributed by atoms with van der Waals surface area (Å²) in [5, 5.41) is 7.09. The fourth-order valence-corrected chi connectivity index (χ4v) is 2.62. The summed E-state index contributed by atoms with van der Waals surface area (Å²) in [5.41, 5.74) is 1.16. The van der Waals surface area contributed by atoms with Gasteiger partial charge in [0.25, 0.3) is 5.91 Å². The Hall–Kier alpha value is -2.55. The van der Waals surface area contributed by atoms with Crippen molar-refractivity contribution in [1.82, 2.24) is 24.4 Å². The summed E-state index contributed by atoms with van der Waals surface area (Å²) in [6, 6.07) is 2.46. The number of aromatic nitrogens is 5. The smallest absolute Gasteiger partial charge is 0.318 e. The summed E-state index contributed by atoms with van der Waals surface area (Å²) in [6.07, 6.45) is 1.52. The van der Waals surface area contributed by atoms with Gasteiger partial charge in [0, 0.05) is 18.3 Å². The standard InChI is InChI=1S/C15H15ClF2N6O/c1-4-23-9(3)11(7-19-23)21-14(25)10-6-13-20-8(2)5-12(15(16,17)18)24(13)22-10/h5-7H,4H2,1-3H3,(H,21,25). The number of hydrogen-bond donors (Lipinski definition) is 1. The van der Waals surface area contributed by atoms with Gasteiger partial charge in [-0.1, -0.05) is 0 Å². The van der Waals surface area contributed by atoms with E-state index in [0.29, 0.717) is 17.9 Å². The molecule has 0 aromatic carbocycles. The normalized spacial score (nSPS) is 11.9. The fourth-order valence-electron chi connectivity index (χ4n) is 2.49. The van der Waals surface area contributed by atoms with Crippen molar-refractivity contribution in [1.29, 1.82) is 0 Å². The first-order chi connectivity index (χ1) is 11.7. The van der Waals surface area contributed by atoms with E-state index in [9.17, 15) is 13.6 Å². The van der Waals surface area contributed by atoms with Gasteiger partial charge in [-0.05, 0) is 38.4 Å². The molecule has 25 heavy (non-hydrogen) atoms. The van der Waals surface area contributed by atoms with Gasteiger partial charge in [-0.25, -0.2) is 9.50 Å². The highest BCUT2D eigenvalue weighted by molar-refractivity contribution is 6.21. The fraction of sp³-hybridized carbons (Fsp3) is 0.333. The summed E-state index contributed by atoms with van der Waals surface area (Å²) in [7, 11) is 0. The van der Waals surface area contributed by atoms with E-state index < -0.39 is 17.0 Å². The Kier molecular flexibility index (Phi) is 4.19. The molecule has 1 N–H and O–H groups in total. The van der Waals surface area contributed by atoms with Gasteiger partial charge in [0.15, 0.2) is 11.3 Å². The number of hydrogen-bond acceptors (Lipinski definition) is 4. The highest BCUT2D eigenvalue weighted by Gasteiger charge is 2.32. The van der Waals surface area contributed by atoms with Gasteiger partial charge >= 0.3 is 5.38 Å². The number of aryl methyl sites for hydroxylation is 2. The Labute approximate surface area is 146 Å². The van der Waals surface area contributed by atoms with Gasteiger partial charge in [-0.2, -0.15) is 19.0 Å². The summed E-state index contributed by atoms with van der Waals surface area (Å²) in [6.45, 7) is 5.96. The lowest BCUT2D eigenvalue weighted by Gasteiger charge is -2.10. The van der Waals surface area contributed by atoms with Crippen molar-refractivity contribution in [3.63, 3.8) is 0 Å². The van der Waals surface area contributed by atoms with Crippen molar-refractivity contribution in [3.8, 4) is 0 Å².